The van der Waals surface area contributed by atoms with E-state index in [1.165, 1.54) is 36.3 Å². The van der Waals surface area contributed by atoms with E-state index in [1.807, 2.05) is 0 Å². The van der Waals surface area contributed by atoms with Crippen molar-refractivity contribution in [2.24, 2.45) is 23.2 Å². The molecule has 3 atom stereocenters. The van der Waals surface area contributed by atoms with Gasteiger partial charge in [-0.3, -0.25) is 4.79 Å². The van der Waals surface area contributed by atoms with E-state index >= 15 is 0 Å². The van der Waals surface area contributed by atoms with Crippen molar-refractivity contribution in [2.45, 2.75) is 25.7 Å². The predicted octanol–water partition coefficient (Wildman–Crippen LogP) is 4.41. The number of hydrogen-bond acceptors (Lipinski definition) is 3. The van der Waals surface area contributed by atoms with Crippen molar-refractivity contribution in [3.63, 3.8) is 0 Å². The minimum atomic E-state index is -0.227. The zero-order valence-electron chi connectivity index (χ0n) is 13.7. The molecular weight excluding hydrogens is 335 g/mol. The Balaban J connectivity index is 1.25. The lowest BCUT2D eigenvalue weighted by molar-refractivity contribution is -0.120. The van der Waals surface area contributed by atoms with Gasteiger partial charge in [-0.05, 0) is 54.2 Å². The Labute approximate surface area is 150 Å². The summed E-state index contributed by atoms with van der Waals surface area (Å²) >= 11 is 1.50. The molecule has 3 aliphatic rings. The Morgan fingerprint density at radius 3 is 2.80 bits per heavy atom. The summed E-state index contributed by atoms with van der Waals surface area (Å²) in [7, 11) is 0. The molecule has 0 saturated heterocycles. The van der Waals surface area contributed by atoms with Crippen LogP contribution in [-0.2, 0) is 11.2 Å². The topological polar surface area (TPSA) is 42.0 Å². The summed E-state index contributed by atoms with van der Waals surface area (Å²) in [4.78, 5) is 18.1. The fraction of sp³-hybridized carbons (Fsp3) is 0.400. The highest BCUT2D eigenvalue weighted by Crippen LogP contribution is 2.70. The number of carbonyl (C=O) groups excluding carboxylic acids is 1. The van der Waals surface area contributed by atoms with Gasteiger partial charge in [0.2, 0.25) is 5.91 Å². The van der Waals surface area contributed by atoms with Gasteiger partial charge in [0, 0.05) is 23.4 Å². The molecule has 5 rings (SSSR count). The van der Waals surface area contributed by atoms with Crippen molar-refractivity contribution in [3.8, 4) is 0 Å². The third-order valence-electron chi connectivity index (χ3n) is 6.13. The maximum absolute atomic E-state index is 13.0. The molecular formula is C20H19FN2OS. The van der Waals surface area contributed by atoms with Gasteiger partial charge in [-0.15, -0.1) is 11.3 Å². The third-order valence-corrected chi connectivity index (χ3v) is 7.05. The van der Waals surface area contributed by atoms with Gasteiger partial charge in [-0.2, -0.15) is 0 Å². The van der Waals surface area contributed by atoms with Gasteiger partial charge >= 0.3 is 0 Å². The number of carbonyl (C=O) groups is 1. The number of anilines is 1. The van der Waals surface area contributed by atoms with Gasteiger partial charge in [0.25, 0.3) is 0 Å². The number of amides is 1. The van der Waals surface area contributed by atoms with Gasteiger partial charge in [0.05, 0.1) is 0 Å². The normalized spacial score (nSPS) is 27.8. The molecule has 2 bridgehead atoms. The van der Waals surface area contributed by atoms with Crippen molar-refractivity contribution >= 4 is 22.4 Å². The summed E-state index contributed by atoms with van der Waals surface area (Å²) in [5, 5.41) is 3.69. The first-order chi connectivity index (χ1) is 12.1. The second-order valence-corrected chi connectivity index (χ2v) is 8.63. The number of hydrogen-bond donors (Lipinski definition) is 1. The van der Waals surface area contributed by atoms with E-state index in [9.17, 15) is 9.18 Å². The van der Waals surface area contributed by atoms with Gasteiger partial charge in [0.1, 0.15) is 5.82 Å². The maximum Gasteiger partial charge on any atom is 0.229 e. The number of thiazole rings is 1. The van der Waals surface area contributed by atoms with Crippen LogP contribution in [0.5, 0.6) is 0 Å². The summed E-state index contributed by atoms with van der Waals surface area (Å²) in [6.07, 6.45) is 10.6. The average molecular weight is 354 g/mol. The van der Waals surface area contributed by atoms with Crippen LogP contribution < -0.4 is 5.32 Å². The number of rotatable bonds is 4. The second kappa shape index (κ2) is 5.49. The van der Waals surface area contributed by atoms with Gasteiger partial charge in [-0.1, -0.05) is 24.3 Å². The molecule has 0 aliphatic heterocycles. The van der Waals surface area contributed by atoms with Gasteiger partial charge in [0.15, 0.2) is 5.13 Å². The highest BCUT2D eigenvalue weighted by atomic mass is 32.1. The first-order valence-corrected chi connectivity index (χ1v) is 9.64. The first-order valence-electron chi connectivity index (χ1n) is 8.82. The van der Waals surface area contributed by atoms with Gasteiger partial charge < -0.3 is 5.32 Å². The molecule has 0 unspecified atom stereocenters. The fourth-order valence-corrected chi connectivity index (χ4v) is 5.57. The van der Waals surface area contributed by atoms with E-state index in [2.05, 4.69) is 22.5 Å². The van der Waals surface area contributed by atoms with E-state index in [-0.39, 0.29) is 17.6 Å². The molecule has 2 saturated carbocycles. The van der Waals surface area contributed by atoms with Crippen molar-refractivity contribution in [2.75, 3.05) is 5.32 Å². The molecule has 1 spiro atoms. The summed E-state index contributed by atoms with van der Waals surface area (Å²) in [6.45, 7) is 0. The zero-order valence-corrected chi connectivity index (χ0v) is 14.6. The number of halogens is 1. The lowest BCUT2D eigenvalue weighted by Gasteiger charge is -2.18. The molecule has 5 heteroatoms. The molecule has 1 amide bonds. The lowest BCUT2D eigenvalue weighted by atomic mass is 9.88. The number of aromatic nitrogens is 1. The summed E-state index contributed by atoms with van der Waals surface area (Å²) in [6, 6.07) is 6.50. The maximum atomic E-state index is 13.0. The molecule has 1 N–H and O–H groups in total. The van der Waals surface area contributed by atoms with E-state index in [4.69, 9.17) is 0 Å². The Morgan fingerprint density at radius 1 is 1.28 bits per heavy atom. The smallest absolute Gasteiger partial charge is 0.229 e. The van der Waals surface area contributed by atoms with Gasteiger partial charge in [-0.25, -0.2) is 9.37 Å². The molecule has 128 valence electrons. The van der Waals surface area contributed by atoms with E-state index in [0.29, 0.717) is 28.8 Å². The zero-order chi connectivity index (χ0) is 17.0. The minimum absolute atomic E-state index is 0.0990. The van der Waals surface area contributed by atoms with Crippen LogP contribution in [0.4, 0.5) is 9.52 Å². The van der Waals surface area contributed by atoms with Crippen molar-refractivity contribution in [3.05, 3.63) is 58.9 Å². The van der Waals surface area contributed by atoms with Crippen molar-refractivity contribution in [1.29, 1.82) is 0 Å². The number of nitrogens with zero attached hydrogens (tertiary/aromatic N) is 1. The van der Waals surface area contributed by atoms with Crippen LogP contribution in [-0.4, -0.2) is 10.9 Å². The Morgan fingerprint density at radius 2 is 2.08 bits per heavy atom. The molecule has 2 fully saturated rings. The third kappa shape index (κ3) is 2.53. The standard InChI is InChI=1S/C20H19FN2OS/c21-14-4-1-12(2-5-14)9-15-11-22-19(25-15)23-18(24)16-10-13-3-6-17(16)20(13)7-8-20/h1-6,11,13,16-17H,7-10H2,(H,22,23,24)/t13-,16-,17-/m1/s1. The SMILES string of the molecule is O=C(Nc1ncc(Cc2ccc(F)cc2)s1)[C@@H]1C[C@H]2C=C[C@H]1C21CC1. The Bertz CT molecular complexity index is 853. The average Bonchev–Trinajstić information content (AvgIpc) is 3.07. The Hall–Kier alpha value is -2.01. The molecule has 0 radical (unpaired) electrons. The highest BCUT2D eigenvalue weighted by Gasteiger charge is 2.64. The quantitative estimate of drug-likeness (QED) is 0.826. The number of allylic oxidation sites excluding steroid dienone is 2. The van der Waals surface area contributed by atoms with Crippen molar-refractivity contribution < 1.29 is 9.18 Å². The van der Waals surface area contributed by atoms with E-state index in [1.54, 1.807) is 18.3 Å². The molecule has 2 aromatic rings. The number of benzene rings is 1. The summed E-state index contributed by atoms with van der Waals surface area (Å²) in [5.74, 6) is 1.02. The largest absolute Gasteiger partial charge is 0.302 e. The van der Waals surface area contributed by atoms with E-state index in [0.717, 1.165) is 16.9 Å². The monoisotopic (exact) mass is 354 g/mol. The van der Waals surface area contributed by atoms with Crippen LogP contribution in [0.3, 0.4) is 0 Å². The summed E-state index contributed by atoms with van der Waals surface area (Å²) < 4.78 is 13.0. The molecule has 1 aromatic heterocycles. The van der Waals surface area contributed by atoms with Crippen LogP contribution in [0.15, 0.2) is 42.6 Å². The highest BCUT2D eigenvalue weighted by molar-refractivity contribution is 7.15. The summed E-state index contributed by atoms with van der Waals surface area (Å²) in [5.41, 5.74) is 1.47. The first kappa shape index (κ1) is 15.3. The number of nitrogens with one attached hydrogen (secondary N) is 1. The molecule has 3 aliphatic carbocycles. The fourth-order valence-electron chi connectivity index (χ4n) is 4.72. The minimum Gasteiger partial charge on any atom is -0.302 e. The van der Waals surface area contributed by atoms with E-state index < -0.39 is 0 Å². The second-order valence-electron chi connectivity index (χ2n) is 7.52. The molecule has 25 heavy (non-hydrogen) atoms. The van der Waals surface area contributed by atoms with Crippen LogP contribution in [0.2, 0.25) is 0 Å². The Kier molecular flexibility index (Phi) is 3.35. The lowest BCUT2D eigenvalue weighted by Crippen LogP contribution is -2.27. The predicted molar refractivity (Wildman–Crippen MR) is 95.8 cm³/mol. The molecule has 1 aromatic carbocycles. The van der Waals surface area contributed by atoms with Crippen molar-refractivity contribution in [1.82, 2.24) is 4.98 Å². The van der Waals surface area contributed by atoms with Crippen LogP contribution in [0.1, 0.15) is 29.7 Å². The van der Waals surface area contributed by atoms with Crippen LogP contribution in [0.25, 0.3) is 0 Å². The van der Waals surface area contributed by atoms with Crippen LogP contribution >= 0.6 is 11.3 Å². The molecule has 3 nitrogen and oxygen atoms in total. The molecule has 1 heterocycles. The van der Waals surface area contributed by atoms with Crippen LogP contribution in [0, 0.1) is 29.0 Å².